The molecular formula is C20H5Cl3N2O6S. The van der Waals surface area contributed by atoms with E-state index in [9.17, 15) is 29.8 Å². The van der Waals surface area contributed by atoms with Crippen LogP contribution in [0.3, 0.4) is 0 Å². The van der Waals surface area contributed by atoms with E-state index in [0.717, 1.165) is 23.9 Å². The molecule has 0 aromatic heterocycles. The van der Waals surface area contributed by atoms with Crippen LogP contribution in [0.5, 0.6) is 0 Å². The molecule has 158 valence electrons. The minimum Gasteiger partial charge on any atom is -0.289 e. The van der Waals surface area contributed by atoms with Crippen LogP contribution < -0.4 is 10.6 Å². The number of hydrogen-bond acceptors (Lipinski definition) is 7. The quantitative estimate of drug-likeness (QED) is 0.264. The molecular weight excluding hydrogens is 503 g/mol. The summed E-state index contributed by atoms with van der Waals surface area (Å²) in [6.07, 6.45) is 0. The first-order chi connectivity index (χ1) is 15.1. The second-order valence-corrected chi connectivity index (χ2v) is 9.13. The average Bonchev–Trinajstić information content (AvgIpc) is 3.18. The van der Waals surface area contributed by atoms with Crippen molar-refractivity contribution in [3.05, 3.63) is 86.6 Å². The smallest absolute Gasteiger partial charge is 0.289 e. The molecule has 0 saturated heterocycles. The van der Waals surface area contributed by atoms with Crippen molar-refractivity contribution < 1.29 is 14.6 Å². The van der Waals surface area contributed by atoms with E-state index < -0.39 is 42.5 Å². The summed E-state index contributed by atoms with van der Waals surface area (Å²) in [6.45, 7) is 0. The normalized spacial score (nSPS) is 15.0. The molecule has 0 aliphatic carbocycles. The summed E-state index contributed by atoms with van der Waals surface area (Å²) in [7, 11) is 0. The number of carbonyl (C=O) groups excluding carboxylic acids is 1. The van der Waals surface area contributed by atoms with Gasteiger partial charge in [-0.2, -0.15) is 0 Å². The molecule has 0 atom stereocenters. The maximum Gasteiger partial charge on any atom is 0.289 e. The number of nitrogens with zero attached hydrogens (tertiary/aromatic N) is 2. The molecule has 1 aliphatic heterocycles. The lowest BCUT2D eigenvalue weighted by atomic mass is 10.0. The zero-order valence-corrected chi connectivity index (χ0v) is 18.4. The molecule has 0 amide bonds. The van der Waals surface area contributed by atoms with Crippen LogP contribution in [0.2, 0.25) is 15.1 Å². The van der Waals surface area contributed by atoms with E-state index in [4.69, 9.17) is 34.8 Å². The molecule has 8 nitrogen and oxygen atoms in total. The van der Waals surface area contributed by atoms with E-state index >= 15 is 0 Å². The van der Waals surface area contributed by atoms with Gasteiger partial charge in [-0.15, -0.1) is 0 Å². The van der Waals surface area contributed by atoms with Crippen LogP contribution in [0.15, 0.2) is 40.0 Å². The molecule has 0 N–H and O–H groups in total. The Morgan fingerprint density at radius 3 is 2.00 bits per heavy atom. The molecule has 1 heterocycles. The number of halogens is 3. The number of carbonyl (C=O) groups is 1. The van der Waals surface area contributed by atoms with Gasteiger partial charge in [-0.3, -0.25) is 29.8 Å². The number of hydrogen-bond donors (Lipinski definition) is 0. The van der Waals surface area contributed by atoms with Gasteiger partial charge in [0.2, 0.25) is 5.78 Å². The third-order valence-electron chi connectivity index (χ3n) is 5.21. The summed E-state index contributed by atoms with van der Waals surface area (Å²) < 4.78 is 0. The van der Waals surface area contributed by atoms with E-state index in [2.05, 4.69) is 0 Å². The summed E-state index contributed by atoms with van der Waals surface area (Å²) in [5.74, 6) is -0.454. The lowest BCUT2D eigenvalue weighted by Gasteiger charge is -2.06. The van der Waals surface area contributed by atoms with Crippen molar-refractivity contribution in [2.24, 2.45) is 0 Å². The fourth-order valence-corrected chi connectivity index (χ4v) is 5.96. The molecule has 0 bridgehead atoms. The summed E-state index contributed by atoms with van der Waals surface area (Å²) in [4.78, 5) is 48.6. The first-order valence-electron chi connectivity index (χ1n) is 8.70. The van der Waals surface area contributed by atoms with Crippen molar-refractivity contribution in [3.63, 3.8) is 0 Å². The molecule has 32 heavy (non-hydrogen) atoms. The topological polar surface area (TPSA) is 120 Å². The first-order valence-corrected chi connectivity index (χ1v) is 10.7. The molecule has 0 spiro atoms. The fourth-order valence-electron chi connectivity index (χ4n) is 3.87. The van der Waals surface area contributed by atoms with Crippen molar-refractivity contribution >= 4 is 90.2 Å². The number of Topliss-reactive ketones (excluding diaryl/α,β-unsaturated/α-hetero) is 1. The van der Waals surface area contributed by atoms with Gasteiger partial charge in [0, 0.05) is 54.4 Å². The number of benzene rings is 3. The second kappa shape index (κ2) is 7.01. The zero-order chi connectivity index (χ0) is 23.1. The van der Waals surface area contributed by atoms with Crippen molar-refractivity contribution in [2.75, 3.05) is 0 Å². The van der Waals surface area contributed by atoms with Gasteiger partial charge in [-0.1, -0.05) is 46.6 Å². The highest BCUT2D eigenvalue weighted by atomic mass is 35.5. The third-order valence-corrected chi connectivity index (χ3v) is 7.36. The van der Waals surface area contributed by atoms with Gasteiger partial charge in [0.25, 0.3) is 11.4 Å². The van der Waals surface area contributed by atoms with Crippen LogP contribution in [0.25, 0.3) is 26.5 Å². The summed E-state index contributed by atoms with van der Waals surface area (Å²) in [6, 6.07) is 6.72. The van der Waals surface area contributed by atoms with Crippen molar-refractivity contribution in [3.8, 4) is 0 Å². The van der Waals surface area contributed by atoms with Crippen LogP contribution in [0, 0.1) is 20.2 Å². The minimum atomic E-state index is -0.807. The Bertz CT molecular complexity index is 1680. The van der Waals surface area contributed by atoms with Crippen LogP contribution in [-0.2, 0) is 0 Å². The number of nitro groups is 2. The fraction of sp³-hybridized carbons (Fsp3) is 0. The summed E-state index contributed by atoms with van der Waals surface area (Å²) in [5, 5.41) is 22.5. The average molecular weight is 508 g/mol. The number of ketones is 1. The van der Waals surface area contributed by atoms with Crippen LogP contribution in [0.1, 0.15) is 10.4 Å². The summed E-state index contributed by atoms with van der Waals surface area (Å²) in [5.41, 5.74) is -1.57. The predicted molar refractivity (Wildman–Crippen MR) is 123 cm³/mol. The number of fused-ring (bicyclic) bond motifs is 1. The van der Waals surface area contributed by atoms with Gasteiger partial charge in [0.15, 0.2) is 5.43 Å². The largest absolute Gasteiger partial charge is 0.289 e. The molecule has 0 saturated carbocycles. The number of nitro benzene ring substituents is 2. The van der Waals surface area contributed by atoms with Crippen LogP contribution in [-0.4, -0.2) is 15.6 Å². The van der Waals surface area contributed by atoms with Gasteiger partial charge >= 0.3 is 0 Å². The van der Waals surface area contributed by atoms with E-state index in [1.165, 1.54) is 12.1 Å². The van der Waals surface area contributed by atoms with Crippen LogP contribution in [0.4, 0.5) is 11.4 Å². The van der Waals surface area contributed by atoms with Crippen molar-refractivity contribution in [1.29, 1.82) is 0 Å². The molecule has 12 heteroatoms. The molecule has 0 unspecified atom stereocenters. The van der Waals surface area contributed by atoms with Gasteiger partial charge in [-0.05, 0) is 18.2 Å². The van der Waals surface area contributed by atoms with E-state index in [1.54, 1.807) is 6.07 Å². The van der Waals surface area contributed by atoms with E-state index in [0.29, 0.717) is 15.5 Å². The number of thioether (sulfide) groups is 1. The van der Waals surface area contributed by atoms with E-state index in [-0.39, 0.29) is 31.7 Å². The van der Waals surface area contributed by atoms with Crippen LogP contribution >= 0.6 is 46.6 Å². The maximum atomic E-state index is 13.4. The maximum absolute atomic E-state index is 13.4. The Kier molecular flexibility index (Phi) is 4.58. The lowest BCUT2D eigenvalue weighted by Crippen LogP contribution is -2.23. The molecule has 4 aromatic carbocycles. The zero-order valence-electron chi connectivity index (χ0n) is 15.3. The number of rotatable bonds is 2. The van der Waals surface area contributed by atoms with Gasteiger partial charge < -0.3 is 0 Å². The molecule has 4 aromatic rings. The highest BCUT2D eigenvalue weighted by molar-refractivity contribution is 8.10. The SMILES string of the molecule is O=C1/C(=c2\c(=O)c3cc([N+](=O)[O-])c(Cl)c4c(Cl)c([N+](=O)[O-])cc2c43)Sc2cc(Cl)ccc21. The monoisotopic (exact) mass is 506 g/mol. The third kappa shape index (κ3) is 2.72. The Labute approximate surface area is 196 Å². The molecule has 1 aliphatic rings. The minimum absolute atomic E-state index is 0.0418. The summed E-state index contributed by atoms with van der Waals surface area (Å²) >= 11 is 19.4. The Balaban J connectivity index is 2.04. The standard InChI is InChI=1S/C20H5Cl3N2O6S/c21-6-1-2-7-12(3-6)32-20(19(7)27)14-8-4-10(24(28)29)16(22)15-13(8)9(18(14)26)5-11(17(15)23)25(30)31/h1-5H/b20-14+. The van der Waals surface area contributed by atoms with Gasteiger partial charge in [-0.25, -0.2) is 0 Å². The molecule has 0 radical (unpaired) electrons. The molecule has 0 fully saturated rings. The Morgan fingerprint density at radius 1 is 0.812 bits per heavy atom. The first kappa shape index (κ1) is 20.9. The van der Waals surface area contributed by atoms with Crippen molar-refractivity contribution in [1.82, 2.24) is 0 Å². The lowest BCUT2D eigenvalue weighted by molar-refractivity contribution is -0.384. The van der Waals surface area contributed by atoms with E-state index in [1.807, 2.05) is 0 Å². The van der Waals surface area contributed by atoms with Gasteiger partial charge in [0.05, 0.1) is 14.8 Å². The highest BCUT2D eigenvalue weighted by Gasteiger charge is 2.33. The molecule has 5 rings (SSSR count). The Hall–Kier alpha value is -2.98. The predicted octanol–water partition coefficient (Wildman–Crippen LogP) is 5.38. The van der Waals surface area contributed by atoms with Crippen molar-refractivity contribution in [2.45, 2.75) is 4.90 Å². The van der Waals surface area contributed by atoms with Gasteiger partial charge in [0.1, 0.15) is 10.0 Å². The Morgan fingerprint density at radius 2 is 1.41 bits per heavy atom. The second-order valence-electron chi connectivity index (χ2n) is 6.88. The highest BCUT2D eigenvalue weighted by Crippen LogP contribution is 2.46.